The van der Waals surface area contributed by atoms with Gasteiger partial charge in [-0.05, 0) is 43.2 Å². The number of hydrogen-bond acceptors (Lipinski definition) is 5. The van der Waals surface area contributed by atoms with Gasteiger partial charge in [-0.2, -0.15) is 0 Å². The van der Waals surface area contributed by atoms with E-state index in [9.17, 15) is 4.79 Å². The van der Waals surface area contributed by atoms with E-state index in [4.69, 9.17) is 10.5 Å². The summed E-state index contributed by atoms with van der Waals surface area (Å²) < 4.78 is 5.65. The maximum absolute atomic E-state index is 12.6. The van der Waals surface area contributed by atoms with E-state index in [-0.39, 0.29) is 30.3 Å². The molecule has 2 aliphatic carbocycles. The van der Waals surface area contributed by atoms with Crippen LogP contribution in [0.15, 0.2) is 42.9 Å². The highest BCUT2D eigenvalue weighted by molar-refractivity contribution is 5.93. The fraction of sp³-hybridized carbons (Fsp3) is 0.389. The summed E-state index contributed by atoms with van der Waals surface area (Å²) >= 11 is 0. The minimum Gasteiger partial charge on any atom is -0.437 e. The zero-order valence-electron chi connectivity index (χ0n) is 13.7. The van der Waals surface area contributed by atoms with E-state index in [1.807, 2.05) is 18.2 Å². The number of nitrogens with one attached hydrogen (secondary N) is 1. The van der Waals surface area contributed by atoms with Gasteiger partial charge in [0.1, 0.15) is 5.75 Å². The molecule has 6 nitrogen and oxygen atoms in total. The second-order valence-electron chi connectivity index (χ2n) is 6.60. The largest absolute Gasteiger partial charge is 0.437 e. The number of benzene rings is 1. The molecule has 2 saturated carbocycles. The molecule has 2 aromatic rings. The summed E-state index contributed by atoms with van der Waals surface area (Å²) in [6.45, 7) is 0. The average Bonchev–Trinajstić information content (AvgIpc) is 3.17. The van der Waals surface area contributed by atoms with Crippen molar-refractivity contribution in [3.8, 4) is 11.6 Å². The smallest absolute Gasteiger partial charge is 0.237 e. The molecular formula is C18H21ClN4O2. The maximum atomic E-state index is 12.6. The molecule has 2 fully saturated rings. The molecule has 7 heteroatoms. The monoisotopic (exact) mass is 360 g/mol. The summed E-state index contributed by atoms with van der Waals surface area (Å²) in [7, 11) is 0. The number of amides is 1. The van der Waals surface area contributed by atoms with E-state index in [1.54, 1.807) is 24.7 Å². The molecule has 1 amide bonds. The number of rotatable bonds is 4. The molecule has 0 aliphatic heterocycles. The number of carbonyl (C=O) groups is 1. The molecular weight excluding hydrogens is 340 g/mol. The number of nitrogens with two attached hydrogens (primary N) is 1. The lowest BCUT2D eigenvalue weighted by Gasteiger charge is -2.27. The van der Waals surface area contributed by atoms with Crippen LogP contribution in [0, 0.1) is 17.8 Å². The topological polar surface area (TPSA) is 90.1 Å². The van der Waals surface area contributed by atoms with Crippen molar-refractivity contribution >= 4 is 24.0 Å². The average molecular weight is 361 g/mol. The van der Waals surface area contributed by atoms with Crippen LogP contribution in [0.25, 0.3) is 0 Å². The normalized spacial score (nSPS) is 26.8. The van der Waals surface area contributed by atoms with Crippen molar-refractivity contribution < 1.29 is 9.53 Å². The van der Waals surface area contributed by atoms with Crippen LogP contribution in [0.2, 0.25) is 0 Å². The van der Waals surface area contributed by atoms with Crippen LogP contribution >= 0.6 is 12.4 Å². The minimum atomic E-state index is -0.0756. The van der Waals surface area contributed by atoms with Crippen LogP contribution in [0.5, 0.6) is 11.6 Å². The second-order valence-corrected chi connectivity index (χ2v) is 6.60. The Bertz CT molecular complexity index is 741. The lowest BCUT2D eigenvalue weighted by Crippen LogP contribution is -2.42. The minimum absolute atomic E-state index is 0. The predicted octanol–water partition coefficient (Wildman–Crippen LogP) is 3.00. The summed E-state index contributed by atoms with van der Waals surface area (Å²) in [4.78, 5) is 20.7. The Kier molecular flexibility index (Phi) is 5.20. The van der Waals surface area contributed by atoms with Crippen LogP contribution in [0.4, 0.5) is 5.69 Å². The molecule has 132 valence electrons. The number of fused-ring (bicyclic) bond motifs is 2. The van der Waals surface area contributed by atoms with Gasteiger partial charge in [0.15, 0.2) is 0 Å². The van der Waals surface area contributed by atoms with Crippen LogP contribution in [0.1, 0.15) is 19.3 Å². The zero-order chi connectivity index (χ0) is 16.5. The number of halogens is 1. The van der Waals surface area contributed by atoms with Crippen molar-refractivity contribution in [2.45, 2.75) is 25.3 Å². The second kappa shape index (κ2) is 7.37. The van der Waals surface area contributed by atoms with Crippen LogP contribution in [0.3, 0.4) is 0 Å². The lowest BCUT2D eigenvalue weighted by molar-refractivity contribution is -0.121. The number of nitrogens with zero attached hydrogens (tertiary/aromatic N) is 2. The Balaban J connectivity index is 0.00000182. The van der Waals surface area contributed by atoms with E-state index < -0.39 is 0 Å². The van der Waals surface area contributed by atoms with Gasteiger partial charge in [0.2, 0.25) is 11.8 Å². The molecule has 1 aromatic carbocycles. The Morgan fingerprint density at radius 1 is 1.24 bits per heavy atom. The highest BCUT2D eigenvalue weighted by atomic mass is 35.5. The van der Waals surface area contributed by atoms with Crippen molar-refractivity contribution in [1.29, 1.82) is 0 Å². The van der Waals surface area contributed by atoms with Crippen molar-refractivity contribution in [3.05, 3.63) is 42.9 Å². The van der Waals surface area contributed by atoms with Gasteiger partial charge in [-0.25, -0.2) is 4.98 Å². The van der Waals surface area contributed by atoms with Crippen molar-refractivity contribution in [3.63, 3.8) is 0 Å². The van der Waals surface area contributed by atoms with Crippen LogP contribution in [-0.4, -0.2) is 21.9 Å². The molecule has 0 spiro atoms. The van der Waals surface area contributed by atoms with Gasteiger partial charge in [-0.1, -0.05) is 6.07 Å². The zero-order valence-corrected chi connectivity index (χ0v) is 14.5. The first kappa shape index (κ1) is 17.6. The molecule has 3 N–H and O–H groups in total. The maximum Gasteiger partial charge on any atom is 0.237 e. The van der Waals surface area contributed by atoms with Gasteiger partial charge in [0.05, 0.1) is 12.1 Å². The molecule has 4 unspecified atom stereocenters. The van der Waals surface area contributed by atoms with E-state index in [1.165, 1.54) is 0 Å². The Morgan fingerprint density at radius 3 is 2.80 bits per heavy atom. The Morgan fingerprint density at radius 2 is 2.08 bits per heavy atom. The summed E-state index contributed by atoms with van der Waals surface area (Å²) in [5, 5.41) is 2.99. The van der Waals surface area contributed by atoms with Gasteiger partial charge >= 0.3 is 0 Å². The standard InChI is InChI=1S/C18H20N4O2.ClH/c19-17-12-5-4-11(8-12)16(17)18(23)22-13-2-1-3-14(9-13)24-15-10-20-6-7-21-15;/h1-3,6-7,9-12,16-17H,4-5,8,19H2,(H,22,23);1H. The van der Waals surface area contributed by atoms with Crippen LogP contribution in [-0.2, 0) is 4.79 Å². The van der Waals surface area contributed by atoms with Gasteiger partial charge in [0.25, 0.3) is 0 Å². The van der Waals surface area contributed by atoms with E-state index in [2.05, 4.69) is 15.3 Å². The van der Waals surface area contributed by atoms with Gasteiger partial charge in [-0.15, -0.1) is 12.4 Å². The van der Waals surface area contributed by atoms with Crippen molar-refractivity contribution in [1.82, 2.24) is 9.97 Å². The van der Waals surface area contributed by atoms with Gasteiger partial charge in [0, 0.05) is 30.2 Å². The molecule has 1 aromatic heterocycles. The van der Waals surface area contributed by atoms with Crippen LogP contribution < -0.4 is 15.8 Å². The molecule has 0 saturated heterocycles. The molecule has 0 radical (unpaired) electrons. The lowest BCUT2D eigenvalue weighted by atomic mass is 9.84. The molecule has 2 bridgehead atoms. The fourth-order valence-corrected chi connectivity index (χ4v) is 4.05. The number of hydrogen-bond donors (Lipinski definition) is 2. The third-order valence-electron chi connectivity index (χ3n) is 5.15. The van der Waals surface area contributed by atoms with Crippen molar-refractivity contribution in [2.24, 2.45) is 23.5 Å². The first-order valence-corrected chi connectivity index (χ1v) is 8.31. The first-order chi connectivity index (χ1) is 11.7. The van der Waals surface area contributed by atoms with E-state index in [0.29, 0.717) is 29.2 Å². The number of aromatic nitrogens is 2. The number of anilines is 1. The molecule has 1 heterocycles. The summed E-state index contributed by atoms with van der Waals surface area (Å²) in [6.07, 6.45) is 8.07. The Hall–Kier alpha value is -2.18. The predicted molar refractivity (Wildman–Crippen MR) is 96.7 cm³/mol. The number of carbonyl (C=O) groups excluding carboxylic acids is 1. The number of ether oxygens (including phenoxy) is 1. The first-order valence-electron chi connectivity index (χ1n) is 8.31. The Labute approximate surface area is 152 Å². The third kappa shape index (κ3) is 3.60. The molecule has 25 heavy (non-hydrogen) atoms. The van der Waals surface area contributed by atoms with Gasteiger partial charge < -0.3 is 15.8 Å². The summed E-state index contributed by atoms with van der Waals surface area (Å²) in [5.41, 5.74) is 6.96. The third-order valence-corrected chi connectivity index (χ3v) is 5.15. The van der Waals surface area contributed by atoms with E-state index >= 15 is 0 Å². The van der Waals surface area contributed by atoms with Gasteiger partial charge in [-0.3, -0.25) is 9.78 Å². The highest BCUT2D eigenvalue weighted by Gasteiger charge is 2.49. The van der Waals surface area contributed by atoms with Crippen molar-refractivity contribution in [2.75, 3.05) is 5.32 Å². The summed E-state index contributed by atoms with van der Waals surface area (Å²) in [6, 6.07) is 7.27. The molecule has 2 aliphatic rings. The van der Waals surface area contributed by atoms with E-state index in [0.717, 1.165) is 19.3 Å². The SMILES string of the molecule is Cl.NC1C2CCC(C2)C1C(=O)Nc1cccc(Oc2cnccn2)c1. The quantitative estimate of drug-likeness (QED) is 0.874. The molecule has 4 atom stereocenters. The molecule has 4 rings (SSSR count). The fourth-order valence-electron chi connectivity index (χ4n) is 4.05. The summed E-state index contributed by atoms with van der Waals surface area (Å²) in [5.74, 6) is 1.91. The highest BCUT2D eigenvalue weighted by Crippen LogP contribution is 2.47.